The molecular weight excluding hydrogens is 404 g/mol. The number of aliphatic imine (C=N–C) groups is 1. The van der Waals surface area contributed by atoms with E-state index >= 15 is 0 Å². The van der Waals surface area contributed by atoms with Gasteiger partial charge in [0.2, 0.25) is 0 Å². The van der Waals surface area contributed by atoms with Gasteiger partial charge in [-0.2, -0.15) is 0 Å². The highest BCUT2D eigenvalue weighted by molar-refractivity contribution is 6.07. The number of hydrogen-bond acceptors (Lipinski definition) is 3. The molecule has 0 bridgehead atoms. The maximum Gasteiger partial charge on any atom is 0.142 e. The van der Waals surface area contributed by atoms with Crippen LogP contribution >= 0.6 is 0 Å². The molecule has 2 unspecified atom stereocenters. The lowest BCUT2D eigenvalue weighted by Gasteiger charge is -2.22. The first kappa shape index (κ1) is 21.2. The van der Waals surface area contributed by atoms with Crippen molar-refractivity contribution in [2.75, 3.05) is 0 Å². The summed E-state index contributed by atoms with van der Waals surface area (Å²) in [4.78, 5) is 5.17. The maximum atomic E-state index is 6.41. The third-order valence-electron chi connectivity index (χ3n) is 6.28. The van der Waals surface area contributed by atoms with Crippen molar-refractivity contribution in [3.63, 3.8) is 0 Å². The average molecular weight is 433 g/mol. The molecule has 0 amide bonds. The Bertz CT molecular complexity index is 1420. The average Bonchev–Trinajstić information content (AvgIpc) is 3.24. The molecule has 0 aliphatic rings. The van der Waals surface area contributed by atoms with Crippen LogP contribution in [0.5, 0.6) is 0 Å². The van der Waals surface area contributed by atoms with Crippen LogP contribution in [0.2, 0.25) is 0 Å². The molecule has 33 heavy (non-hydrogen) atoms. The molecule has 4 aromatic carbocycles. The predicted molar refractivity (Wildman–Crippen MR) is 138 cm³/mol. The second-order valence-electron chi connectivity index (χ2n) is 8.56. The maximum absolute atomic E-state index is 6.41. The summed E-state index contributed by atoms with van der Waals surface area (Å²) in [6.45, 7) is 6.38. The van der Waals surface area contributed by atoms with Gasteiger partial charge >= 0.3 is 0 Å². The van der Waals surface area contributed by atoms with E-state index in [0.717, 1.165) is 33.4 Å². The Morgan fingerprint density at radius 1 is 0.818 bits per heavy atom. The molecule has 164 valence electrons. The predicted octanol–water partition coefficient (Wildman–Crippen LogP) is 7.75. The normalized spacial score (nSPS) is 14.0. The minimum absolute atomic E-state index is 0.116. The van der Waals surface area contributed by atoms with Crippen molar-refractivity contribution in [2.45, 2.75) is 33.0 Å². The molecule has 0 fully saturated rings. The lowest BCUT2D eigenvalue weighted by atomic mass is 10.0. The smallest absolute Gasteiger partial charge is 0.142 e. The van der Waals surface area contributed by atoms with Gasteiger partial charge in [-0.05, 0) is 43.5 Å². The summed E-state index contributed by atoms with van der Waals surface area (Å²) in [5, 5.41) is 6.06. The molecule has 2 atom stereocenters. The summed E-state index contributed by atoms with van der Waals surface area (Å²) in [6, 6.07) is 33.5. The zero-order valence-corrected chi connectivity index (χ0v) is 19.2. The summed E-state index contributed by atoms with van der Waals surface area (Å²) in [6.07, 6.45) is -0.259. The Morgan fingerprint density at radius 3 is 2.27 bits per heavy atom. The number of hydrogen-bond donors (Lipinski definition) is 1. The van der Waals surface area contributed by atoms with Gasteiger partial charge in [0.25, 0.3) is 0 Å². The van der Waals surface area contributed by atoms with Gasteiger partial charge in [-0.1, -0.05) is 91.0 Å². The Morgan fingerprint density at radius 2 is 1.52 bits per heavy atom. The Hall–Kier alpha value is -3.69. The molecule has 5 aromatic rings. The van der Waals surface area contributed by atoms with E-state index in [0.29, 0.717) is 0 Å². The first-order valence-electron chi connectivity index (χ1n) is 11.4. The molecule has 0 aliphatic heterocycles. The fourth-order valence-corrected chi connectivity index (χ4v) is 4.48. The van der Waals surface area contributed by atoms with Crippen LogP contribution in [0.15, 0.2) is 106 Å². The van der Waals surface area contributed by atoms with Gasteiger partial charge in [-0.25, -0.2) is 0 Å². The highest BCUT2D eigenvalue weighted by Crippen LogP contribution is 2.36. The molecule has 1 aromatic heterocycles. The SMILES string of the molecule is C/C(=N\C(NC(C)c1ccccc1)c1cccc2c1oc1cccc(C)c12)c1ccccc1. The molecule has 1 heterocycles. The van der Waals surface area contributed by atoms with Gasteiger partial charge in [0.05, 0.1) is 0 Å². The van der Waals surface area contributed by atoms with Gasteiger partial charge in [0.15, 0.2) is 0 Å². The molecule has 0 radical (unpaired) electrons. The summed E-state index contributed by atoms with van der Waals surface area (Å²) in [7, 11) is 0. The Labute approximate surface area is 194 Å². The highest BCUT2D eigenvalue weighted by atomic mass is 16.3. The second-order valence-corrected chi connectivity index (χ2v) is 8.56. The van der Waals surface area contributed by atoms with E-state index in [2.05, 4.69) is 86.8 Å². The number of fused-ring (bicyclic) bond motifs is 3. The van der Waals surface area contributed by atoms with Crippen LogP contribution in [0.3, 0.4) is 0 Å². The molecule has 0 spiro atoms. The highest BCUT2D eigenvalue weighted by Gasteiger charge is 2.21. The monoisotopic (exact) mass is 432 g/mol. The van der Waals surface area contributed by atoms with Crippen molar-refractivity contribution in [1.29, 1.82) is 0 Å². The molecule has 1 N–H and O–H groups in total. The van der Waals surface area contributed by atoms with Crippen LogP contribution in [0, 0.1) is 6.92 Å². The number of nitrogens with one attached hydrogen (secondary N) is 1. The van der Waals surface area contributed by atoms with E-state index in [1.807, 2.05) is 36.4 Å². The zero-order chi connectivity index (χ0) is 22.8. The second kappa shape index (κ2) is 9.05. The van der Waals surface area contributed by atoms with Crippen molar-refractivity contribution in [3.05, 3.63) is 119 Å². The van der Waals surface area contributed by atoms with E-state index in [1.165, 1.54) is 16.5 Å². The van der Waals surface area contributed by atoms with Crippen LogP contribution < -0.4 is 5.32 Å². The van der Waals surface area contributed by atoms with Crippen LogP contribution in [0.4, 0.5) is 0 Å². The topological polar surface area (TPSA) is 37.5 Å². The van der Waals surface area contributed by atoms with Crippen molar-refractivity contribution < 1.29 is 4.42 Å². The quantitative estimate of drug-likeness (QED) is 0.278. The largest absolute Gasteiger partial charge is 0.456 e. The van der Waals surface area contributed by atoms with Crippen LogP contribution in [-0.2, 0) is 0 Å². The molecule has 3 heteroatoms. The Kier molecular flexibility index (Phi) is 5.80. The molecular formula is C30H28N2O. The van der Waals surface area contributed by atoms with Crippen molar-refractivity contribution in [3.8, 4) is 0 Å². The molecule has 3 nitrogen and oxygen atoms in total. The number of benzene rings is 4. The van der Waals surface area contributed by atoms with E-state index in [-0.39, 0.29) is 12.2 Å². The minimum atomic E-state index is -0.259. The summed E-state index contributed by atoms with van der Waals surface area (Å²) < 4.78 is 6.41. The van der Waals surface area contributed by atoms with Crippen molar-refractivity contribution in [1.82, 2.24) is 5.32 Å². The number of furan rings is 1. The van der Waals surface area contributed by atoms with Crippen LogP contribution in [0.1, 0.15) is 48.3 Å². The fourth-order valence-electron chi connectivity index (χ4n) is 4.48. The van der Waals surface area contributed by atoms with E-state index < -0.39 is 0 Å². The first-order valence-corrected chi connectivity index (χ1v) is 11.4. The van der Waals surface area contributed by atoms with Gasteiger partial charge < -0.3 is 4.42 Å². The van der Waals surface area contributed by atoms with Crippen molar-refractivity contribution >= 4 is 27.7 Å². The lowest BCUT2D eigenvalue weighted by Crippen LogP contribution is -2.24. The standard InChI is InChI=1S/C30H28N2O/c1-20-12-10-19-27-28(20)25-17-11-18-26(29(25)33-27)30(31-21(2)23-13-6-4-7-14-23)32-22(3)24-15-8-5-9-16-24/h4-19,21,30-31H,1-3H3/b32-22+. The molecule has 0 saturated carbocycles. The van der Waals surface area contributed by atoms with Gasteiger partial charge in [0.1, 0.15) is 17.3 Å². The van der Waals surface area contributed by atoms with Gasteiger partial charge in [0, 0.05) is 28.1 Å². The molecule has 5 rings (SSSR count). The molecule has 0 saturated heterocycles. The van der Waals surface area contributed by atoms with E-state index in [9.17, 15) is 0 Å². The number of nitrogens with zero attached hydrogens (tertiary/aromatic N) is 1. The van der Waals surface area contributed by atoms with E-state index in [4.69, 9.17) is 9.41 Å². The van der Waals surface area contributed by atoms with E-state index in [1.54, 1.807) is 0 Å². The number of rotatable bonds is 6. The van der Waals surface area contributed by atoms with Gasteiger partial charge in [-0.15, -0.1) is 0 Å². The zero-order valence-electron chi connectivity index (χ0n) is 19.2. The van der Waals surface area contributed by atoms with Crippen LogP contribution in [0.25, 0.3) is 21.9 Å². The lowest BCUT2D eigenvalue weighted by molar-refractivity contribution is 0.478. The summed E-state index contributed by atoms with van der Waals surface area (Å²) in [5.41, 5.74) is 7.39. The van der Waals surface area contributed by atoms with Crippen LogP contribution in [-0.4, -0.2) is 5.71 Å². The number of para-hydroxylation sites is 1. The minimum Gasteiger partial charge on any atom is -0.456 e. The Balaban J connectivity index is 1.64. The first-order chi connectivity index (χ1) is 16.1. The molecule has 0 aliphatic carbocycles. The third-order valence-corrected chi connectivity index (χ3v) is 6.28. The summed E-state index contributed by atoms with van der Waals surface area (Å²) >= 11 is 0. The number of aryl methyl sites for hydroxylation is 1. The third kappa shape index (κ3) is 4.20. The fraction of sp³-hybridized carbons (Fsp3) is 0.167. The van der Waals surface area contributed by atoms with Crippen molar-refractivity contribution in [2.24, 2.45) is 4.99 Å². The van der Waals surface area contributed by atoms with Gasteiger partial charge in [-0.3, -0.25) is 10.3 Å². The summed E-state index contributed by atoms with van der Waals surface area (Å²) in [5.74, 6) is 0.